The molecule has 0 radical (unpaired) electrons. The Morgan fingerprint density at radius 1 is 0.725 bits per heavy atom. The first-order valence-electron chi connectivity index (χ1n) is 18.3. The number of benzene rings is 2. The summed E-state index contributed by atoms with van der Waals surface area (Å²) >= 11 is 0. The van der Waals surface area contributed by atoms with Gasteiger partial charge in [0.1, 0.15) is 17.8 Å². The van der Waals surface area contributed by atoms with Gasteiger partial charge in [-0.15, -0.1) is 0 Å². The molecular formula is C41H58N2O8. The van der Waals surface area contributed by atoms with Crippen molar-refractivity contribution in [2.75, 3.05) is 13.2 Å². The number of nitrogens with one attached hydrogen (secondary N) is 2. The van der Waals surface area contributed by atoms with Crippen LogP contribution in [0.25, 0.3) is 11.1 Å². The number of amides is 2. The van der Waals surface area contributed by atoms with Crippen LogP contribution in [0.5, 0.6) is 0 Å². The van der Waals surface area contributed by atoms with E-state index in [9.17, 15) is 24.0 Å². The van der Waals surface area contributed by atoms with Gasteiger partial charge in [0.25, 0.3) is 0 Å². The fraction of sp³-hybridized carbons (Fsp3) is 0.585. The molecule has 0 bridgehead atoms. The minimum Gasteiger partial charge on any atom is -0.465 e. The fourth-order valence-electron chi connectivity index (χ4n) is 6.19. The molecule has 280 valence electrons. The molecule has 51 heavy (non-hydrogen) atoms. The van der Waals surface area contributed by atoms with Crippen LogP contribution in [0.1, 0.15) is 124 Å². The minimum atomic E-state index is -0.774. The molecule has 0 heterocycles. The van der Waals surface area contributed by atoms with Crippen LogP contribution in [0.15, 0.2) is 48.5 Å². The fourth-order valence-corrected chi connectivity index (χ4v) is 6.19. The number of hydrogen-bond acceptors (Lipinski definition) is 8. The smallest absolute Gasteiger partial charge is 0.407 e. The average molecular weight is 707 g/mol. The van der Waals surface area contributed by atoms with Gasteiger partial charge in [0, 0.05) is 25.3 Å². The van der Waals surface area contributed by atoms with Gasteiger partial charge in [0.15, 0.2) is 5.78 Å². The summed E-state index contributed by atoms with van der Waals surface area (Å²) in [6.07, 6.45) is 2.21. The average Bonchev–Trinajstić information content (AvgIpc) is 3.35. The third-order valence-electron chi connectivity index (χ3n) is 8.67. The van der Waals surface area contributed by atoms with Crippen molar-refractivity contribution < 1.29 is 38.2 Å². The van der Waals surface area contributed by atoms with E-state index in [-0.39, 0.29) is 55.4 Å². The van der Waals surface area contributed by atoms with Crippen LogP contribution in [-0.4, -0.2) is 60.1 Å². The third kappa shape index (κ3) is 13.8. The van der Waals surface area contributed by atoms with E-state index in [0.717, 1.165) is 22.3 Å². The van der Waals surface area contributed by atoms with E-state index in [4.69, 9.17) is 14.2 Å². The summed E-state index contributed by atoms with van der Waals surface area (Å²) in [5.41, 5.74) is 3.30. The second-order valence-corrected chi connectivity index (χ2v) is 15.7. The van der Waals surface area contributed by atoms with Crippen LogP contribution in [0.3, 0.4) is 0 Å². The SMILES string of the molecule is CC(C)[C@H](CC(=O)OCC1c2ccccc2-c2ccccc21)C(=O)N[C@@H](CCCCNC(=O)OC(C)(C)C)C(=O)CCCCC(=O)OC(C)(C)C. The van der Waals surface area contributed by atoms with Gasteiger partial charge in [-0.25, -0.2) is 4.79 Å². The number of fused-ring (bicyclic) bond motifs is 3. The third-order valence-corrected chi connectivity index (χ3v) is 8.67. The van der Waals surface area contributed by atoms with Gasteiger partial charge in [-0.2, -0.15) is 0 Å². The maximum absolute atomic E-state index is 13.7. The maximum Gasteiger partial charge on any atom is 0.407 e. The molecule has 0 saturated heterocycles. The Morgan fingerprint density at radius 2 is 1.29 bits per heavy atom. The predicted octanol–water partition coefficient (Wildman–Crippen LogP) is 7.66. The van der Waals surface area contributed by atoms with E-state index in [1.54, 1.807) is 20.8 Å². The molecule has 1 aliphatic rings. The number of carbonyl (C=O) groups excluding carboxylic acids is 5. The van der Waals surface area contributed by atoms with E-state index < -0.39 is 35.2 Å². The number of esters is 2. The quantitative estimate of drug-likeness (QED) is 0.0916. The number of ketones is 1. The number of hydrogen-bond donors (Lipinski definition) is 2. The molecule has 10 heteroatoms. The van der Waals surface area contributed by atoms with Crippen LogP contribution in [-0.2, 0) is 33.4 Å². The van der Waals surface area contributed by atoms with Gasteiger partial charge >= 0.3 is 18.0 Å². The van der Waals surface area contributed by atoms with Crippen LogP contribution in [0.2, 0.25) is 0 Å². The highest BCUT2D eigenvalue weighted by atomic mass is 16.6. The summed E-state index contributed by atoms with van der Waals surface area (Å²) < 4.78 is 16.5. The van der Waals surface area contributed by atoms with Crippen molar-refractivity contribution >= 4 is 29.7 Å². The Hall–Kier alpha value is -4.21. The molecule has 2 aromatic rings. The monoisotopic (exact) mass is 706 g/mol. The zero-order valence-electron chi connectivity index (χ0n) is 31.8. The summed E-state index contributed by atoms with van der Waals surface area (Å²) in [4.78, 5) is 64.5. The van der Waals surface area contributed by atoms with Gasteiger partial charge in [-0.05, 0) is 102 Å². The van der Waals surface area contributed by atoms with Gasteiger partial charge in [0.2, 0.25) is 5.91 Å². The first-order valence-corrected chi connectivity index (χ1v) is 18.3. The molecule has 2 amide bonds. The first kappa shape index (κ1) is 41.2. The number of ether oxygens (including phenoxy) is 3. The van der Waals surface area contributed by atoms with Crippen molar-refractivity contribution in [1.29, 1.82) is 0 Å². The minimum absolute atomic E-state index is 0.0881. The van der Waals surface area contributed by atoms with Crippen molar-refractivity contribution in [3.8, 4) is 11.1 Å². The lowest BCUT2D eigenvalue weighted by Gasteiger charge is -2.24. The van der Waals surface area contributed by atoms with E-state index in [1.807, 2.05) is 58.9 Å². The number of Topliss-reactive ketones (excluding diaryl/α,β-unsaturated/α-hetero) is 1. The number of unbranched alkanes of at least 4 members (excludes halogenated alkanes) is 2. The lowest BCUT2D eigenvalue weighted by molar-refractivity contribution is -0.155. The van der Waals surface area contributed by atoms with E-state index >= 15 is 0 Å². The molecule has 0 fully saturated rings. The summed E-state index contributed by atoms with van der Waals surface area (Å²) in [6.45, 7) is 15.1. The van der Waals surface area contributed by atoms with Crippen molar-refractivity contribution in [3.05, 3.63) is 59.7 Å². The normalized spacial score (nSPS) is 13.8. The largest absolute Gasteiger partial charge is 0.465 e. The van der Waals surface area contributed by atoms with Crippen molar-refractivity contribution in [2.45, 2.75) is 130 Å². The molecule has 10 nitrogen and oxygen atoms in total. The lowest BCUT2D eigenvalue weighted by atomic mass is 9.90. The standard InChI is InChI=1S/C41H58N2O8/c1-27(2)32(25-37(46)49-26-33-30-19-11-9-17-28(30)29-18-10-12-20-31(29)33)38(47)43-34(21-15-16-24-42-39(48)51-41(6,7)8)35(44)22-13-14-23-36(45)50-40(3,4)5/h9-12,17-20,27,32-34H,13-16,21-26H2,1-8H3,(H,42,48)(H,43,47)/t32-,34-/m0/s1. The molecular weight excluding hydrogens is 648 g/mol. The van der Waals surface area contributed by atoms with Crippen molar-refractivity contribution in [1.82, 2.24) is 10.6 Å². The molecule has 3 rings (SSSR count). The van der Waals surface area contributed by atoms with E-state index in [0.29, 0.717) is 38.6 Å². The summed E-state index contributed by atoms with van der Waals surface area (Å²) in [7, 11) is 0. The molecule has 1 aliphatic carbocycles. The number of rotatable bonds is 18. The predicted molar refractivity (Wildman–Crippen MR) is 197 cm³/mol. The summed E-state index contributed by atoms with van der Waals surface area (Å²) in [5.74, 6) is -2.28. The molecule has 0 unspecified atom stereocenters. The number of alkyl carbamates (subject to hydrolysis) is 1. The summed E-state index contributed by atoms with van der Waals surface area (Å²) in [6, 6.07) is 15.4. The Balaban J connectivity index is 1.59. The van der Waals surface area contributed by atoms with E-state index in [2.05, 4.69) is 34.9 Å². The zero-order chi connectivity index (χ0) is 37.8. The Labute approximate surface area is 303 Å². The van der Waals surface area contributed by atoms with Crippen LogP contribution in [0.4, 0.5) is 4.79 Å². The molecule has 0 aromatic heterocycles. The van der Waals surface area contributed by atoms with Gasteiger partial charge < -0.3 is 24.8 Å². The Bertz CT molecular complexity index is 1460. The highest BCUT2D eigenvalue weighted by Gasteiger charge is 2.32. The molecule has 0 saturated carbocycles. The van der Waals surface area contributed by atoms with Crippen LogP contribution >= 0.6 is 0 Å². The molecule has 2 atom stereocenters. The maximum atomic E-state index is 13.7. The highest BCUT2D eigenvalue weighted by molar-refractivity contribution is 5.91. The first-order chi connectivity index (χ1) is 23.9. The van der Waals surface area contributed by atoms with Crippen LogP contribution in [0, 0.1) is 11.8 Å². The number of carbonyl (C=O) groups is 5. The Kier molecular flexibility index (Phi) is 15.2. The van der Waals surface area contributed by atoms with Gasteiger partial charge in [-0.1, -0.05) is 62.4 Å². The highest BCUT2D eigenvalue weighted by Crippen LogP contribution is 2.44. The molecule has 0 spiro atoms. The molecule has 0 aliphatic heterocycles. The molecule has 2 aromatic carbocycles. The van der Waals surface area contributed by atoms with Crippen LogP contribution < -0.4 is 10.6 Å². The lowest BCUT2D eigenvalue weighted by Crippen LogP contribution is -2.45. The summed E-state index contributed by atoms with van der Waals surface area (Å²) in [5, 5.41) is 5.66. The second-order valence-electron chi connectivity index (χ2n) is 15.7. The van der Waals surface area contributed by atoms with Gasteiger partial charge in [-0.3, -0.25) is 19.2 Å². The topological polar surface area (TPSA) is 137 Å². The van der Waals surface area contributed by atoms with Crippen molar-refractivity contribution in [3.63, 3.8) is 0 Å². The molecule has 2 N–H and O–H groups in total. The second kappa shape index (κ2) is 18.9. The zero-order valence-corrected chi connectivity index (χ0v) is 31.8. The van der Waals surface area contributed by atoms with Gasteiger partial charge in [0.05, 0.1) is 18.4 Å². The van der Waals surface area contributed by atoms with Crippen molar-refractivity contribution in [2.24, 2.45) is 11.8 Å². The van der Waals surface area contributed by atoms with E-state index in [1.165, 1.54) is 0 Å². The Morgan fingerprint density at radius 3 is 1.86 bits per heavy atom.